The fourth-order valence-electron chi connectivity index (χ4n) is 4.20. The predicted molar refractivity (Wildman–Crippen MR) is 124 cm³/mol. The fourth-order valence-corrected chi connectivity index (χ4v) is 4.20. The average Bonchev–Trinajstić information content (AvgIpc) is 3.12. The lowest BCUT2D eigenvalue weighted by Gasteiger charge is -2.19. The van der Waals surface area contributed by atoms with Crippen LogP contribution in [-0.4, -0.2) is 31.2 Å². The number of esters is 1. The molecule has 4 rings (SSSR count). The van der Waals surface area contributed by atoms with Crippen LogP contribution in [-0.2, 0) is 22.5 Å². The molecule has 1 aliphatic rings. The topological polar surface area (TPSA) is 65.1 Å². The van der Waals surface area contributed by atoms with E-state index in [0.29, 0.717) is 27.6 Å². The Bertz CT molecular complexity index is 1290. The lowest BCUT2D eigenvalue weighted by Crippen LogP contribution is -2.24. The van der Waals surface area contributed by atoms with Crippen LogP contribution in [0.5, 0.6) is 11.5 Å². The van der Waals surface area contributed by atoms with Gasteiger partial charge < -0.3 is 19.1 Å². The molecule has 0 N–H and O–H groups in total. The van der Waals surface area contributed by atoms with Gasteiger partial charge in [0.15, 0.2) is 0 Å². The van der Waals surface area contributed by atoms with Crippen molar-refractivity contribution in [3.63, 3.8) is 0 Å². The van der Waals surface area contributed by atoms with Crippen molar-refractivity contribution in [1.82, 2.24) is 0 Å². The Balaban J connectivity index is 1.81. The minimum atomic E-state index is -3.17. The van der Waals surface area contributed by atoms with Gasteiger partial charge in [-0.2, -0.15) is 8.78 Å². The van der Waals surface area contributed by atoms with Gasteiger partial charge in [-0.15, -0.1) is 0 Å². The van der Waals surface area contributed by atoms with Gasteiger partial charge in [-0.1, -0.05) is 30.3 Å². The van der Waals surface area contributed by atoms with Gasteiger partial charge in [0.1, 0.15) is 17.3 Å². The Kier molecular flexibility index (Phi) is 6.86. The van der Waals surface area contributed by atoms with Gasteiger partial charge in [-0.25, -0.2) is 4.39 Å². The average molecular weight is 487 g/mol. The number of ether oxygens (including phenoxy) is 3. The number of rotatable bonds is 8. The summed E-state index contributed by atoms with van der Waals surface area (Å²) in [6.45, 7) is 2.22. The highest BCUT2D eigenvalue weighted by Gasteiger charge is 2.38. The first kappa shape index (κ1) is 24.4. The summed E-state index contributed by atoms with van der Waals surface area (Å²) in [5, 5.41) is 0.804. The van der Waals surface area contributed by atoms with Crippen LogP contribution in [0, 0.1) is 5.82 Å². The number of hydrogen-bond donors (Lipinski definition) is 0. The van der Waals surface area contributed by atoms with E-state index in [4.69, 9.17) is 14.2 Å². The van der Waals surface area contributed by atoms with E-state index in [1.807, 2.05) is 0 Å². The van der Waals surface area contributed by atoms with E-state index >= 15 is 4.39 Å². The smallest absolute Gasteiger partial charge is 0.387 e. The summed E-state index contributed by atoms with van der Waals surface area (Å²) in [5.74, 6) is -1.83. The number of amides is 1. The fraction of sp³-hybridized carbons (Fsp3) is 0.308. The molecule has 6 nitrogen and oxygen atoms in total. The second-order valence-corrected chi connectivity index (χ2v) is 8.26. The van der Waals surface area contributed by atoms with Gasteiger partial charge in [-0.3, -0.25) is 9.59 Å². The highest BCUT2D eigenvalue weighted by atomic mass is 19.3. The first-order chi connectivity index (χ1) is 16.7. The molecule has 0 aromatic heterocycles. The van der Waals surface area contributed by atoms with E-state index in [-0.39, 0.29) is 42.7 Å². The van der Waals surface area contributed by atoms with Crippen molar-refractivity contribution in [2.24, 2.45) is 0 Å². The predicted octanol–water partition coefficient (Wildman–Crippen LogP) is 5.63. The molecule has 0 atom stereocenters. The quantitative estimate of drug-likeness (QED) is 0.385. The van der Waals surface area contributed by atoms with Crippen molar-refractivity contribution in [1.29, 1.82) is 0 Å². The van der Waals surface area contributed by atoms with E-state index in [9.17, 15) is 18.4 Å². The summed E-state index contributed by atoms with van der Waals surface area (Å²) in [6.07, 6.45) is -0.393. The standard InChI is InChI=1S/C26H24F3NO5/c1-4-33-21(31)12-15-9-10-20(19(27)11-15)30-13-18-22(25(30)32)24(35-26(28)29)17-8-6-5-7-16(17)23(18)34-14(2)3/h5-11,14,26H,4,12-13H2,1-3H3. The maximum atomic E-state index is 15.1. The molecule has 0 bridgehead atoms. The third kappa shape index (κ3) is 4.76. The molecular weight excluding hydrogens is 463 g/mol. The molecule has 0 fully saturated rings. The summed E-state index contributed by atoms with van der Waals surface area (Å²) in [6, 6.07) is 10.7. The van der Waals surface area contributed by atoms with Crippen molar-refractivity contribution in [2.45, 2.75) is 46.5 Å². The molecule has 9 heteroatoms. The Labute approximate surface area is 200 Å². The number of anilines is 1. The zero-order valence-corrected chi connectivity index (χ0v) is 19.4. The van der Waals surface area contributed by atoms with Crippen LogP contribution in [0.15, 0.2) is 42.5 Å². The second kappa shape index (κ2) is 9.85. The van der Waals surface area contributed by atoms with Crippen LogP contribution < -0.4 is 14.4 Å². The van der Waals surface area contributed by atoms with Crippen molar-refractivity contribution < 1.29 is 37.0 Å². The van der Waals surface area contributed by atoms with Crippen molar-refractivity contribution in [3.8, 4) is 11.5 Å². The van der Waals surface area contributed by atoms with Gasteiger partial charge in [0.05, 0.1) is 36.9 Å². The molecule has 0 saturated carbocycles. The third-order valence-electron chi connectivity index (χ3n) is 5.51. The number of carbonyl (C=O) groups excluding carboxylic acids is 2. The van der Waals surface area contributed by atoms with Crippen molar-refractivity contribution in [3.05, 3.63) is 65.0 Å². The lowest BCUT2D eigenvalue weighted by atomic mass is 9.99. The number of carbonyl (C=O) groups is 2. The number of benzene rings is 3. The number of alkyl halides is 2. The van der Waals surface area contributed by atoms with Crippen LogP contribution >= 0.6 is 0 Å². The number of hydrogen-bond acceptors (Lipinski definition) is 5. The third-order valence-corrected chi connectivity index (χ3v) is 5.51. The minimum absolute atomic E-state index is 0.0543. The minimum Gasteiger partial charge on any atom is -0.490 e. The number of halogens is 3. The highest BCUT2D eigenvalue weighted by molar-refractivity contribution is 6.17. The first-order valence-electron chi connectivity index (χ1n) is 11.2. The Morgan fingerprint density at radius 2 is 1.74 bits per heavy atom. The SMILES string of the molecule is CCOC(=O)Cc1ccc(N2Cc3c(c(OC(F)F)c4ccccc4c3OC(C)C)C2=O)c(F)c1. The summed E-state index contributed by atoms with van der Waals surface area (Å²) >= 11 is 0. The number of nitrogens with zero attached hydrogens (tertiary/aromatic N) is 1. The van der Waals surface area contributed by atoms with Crippen LogP contribution in [0.1, 0.15) is 42.3 Å². The molecule has 35 heavy (non-hydrogen) atoms. The maximum absolute atomic E-state index is 15.1. The van der Waals surface area contributed by atoms with E-state index in [2.05, 4.69) is 0 Å². The van der Waals surface area contributed by atoms with Gasteiger partial charge in [0, 0.05) is 16.3 Å². The molecule has 0 radical (unpaired) electrons. The van der Waals surface area contributed by atoms with E-state index < -0.39 is 24.3 Å². The van der Waals surface area contributed by atoms with Crippen LogP contribution in [0.3, 0.4) is 0 Å². The Morgan fingerprint density at radius 3 is 2.34 bits per heavy atom. The lowest BCUT2D eigenvalue weighted by molar-refractivity contribution is -0.142. The largest absolute Gasteiger partial charge is 0.490 e. The molecule has 0 aliphatic carbocycles. The summed E-state index contributed by atoms with van der Waals surface area (Å²) in [4.78, 5) is 26.4. The molecule has 1 heterocycles. The summed E-state index contributed by atoms with van der Waals surface area (Å²) in [7, 11) is 0. The van der Waals surface area contributed by atoms with Crippen LogP contribution in [0.4, 0.5) is 18.9 Å². The zero-order valence-electron chi connectivity index (χ0n) is 19.4. The molecule has 3 aromatic carbocycles. The van der Waals surface area contributed by atoms with Crippen LogP contribution in [0.25, 0.3) is 10.8 Å². The molecule has 3 aromatic rings. The van der Waals surface area contributed by atoms with Gasteiger partial charge in [0.2, 0.25) is 0 Å². The monoisotopic (exact) mass is 487 g/mol. The molecule has 1 amide bonds. The van der Waals surface area contributed by atoms with Gasteiger partial charge in [-0.05, 0) is 38.5 Å². The molecular formula is C26H24F3NO5. The zero-order chi connectivity index (χ0) is 25.3. The highest BCUT2D eigenvalue weighted by Crippen LogP contribution is 2.47. The second-order valence-electron chi connectivity index (χ2n) is 8.26. The van der Waals surface area contributed by atoms with E-state index in [1.54, 1.807) is 45.0 Å². The van der Waals surface area contributed by atoms with Gasteiger partial charge >= 0.3 is 12.6 Å². The van der Waals surface area contributed by atoms with Crippen molar-refractivity contribution >= 4 is 28.3 Å². The van der Waals surface area contributed by atoms with E-state index in [0.717, 1.165) is 11.0 Å². The normalized spacial score (nSPS) is 13.0. The molecule has 184 valence electrons. The van der Waals surface area contributed by atoms with Gasteiger partial charge in [0.25, 0.3) is 5.91 Å². The maximum Gasteiger partial charge on any atom is 0.387 e. The molecule has 0 spiro atoms. The molecule has 0 unspecified atom stereocenters. The summed E-state index contributed by atoms with van der Waals surface area (Å²) in [5.41, 5.74) is 0.578. The molecule has 0 saturated heterocycles. The Morgan fingerprint density at radius 1 is 1.06 bits per heavy atom. The first-order valence-corrected chi connectivity index (χ1v) is 11.2. The Hall–Kier alpha value is -3.75. The van der Waals surface area contributed by atoms with Crippen LogP contribution in [0.2, 0.25) is 0 Å². The molecule has 1 aliphatic heterocycles. The summed E-state index contributed by atoms with van der Waals surface area (Å²) < 4.78 is 57.6. The van der Waals surface area contributed by atoms with Crippen molar-refractivity contribution in [2.75, 3.05) is 11.5 Å². The number of fused-ring (bicyclic) bond motifs is 2. The van der Waals surface area contributed by atoms with E-state index in [1.165, 1.54) is 12.1 Å².